The van der Waals surface area contributed by atoms with Crippen LogP contribution < -0.4 is 5.32 Å². The summed E-state index contributed by atoms with van der Waals surface area (Å²) in [6.07, 6.45) is 4.22. The Morgan fingerprint density at radius 3 is 1.21 bits per heavy atom. The predicted octanol–water partition coefficient (Wildman–Crippen LogP) is 5.78. The summed E-state index contributed by atoms with van der Waals surface area (Å²) in [5, 5.41) is 3.28. The van der Waals surface area contributed by atoms with Gasteiger partial charge in [0.05, 0.1) is 0 Å². The molecular formula is C23H25N. The van der Waals surface area contributed by atoms with Crippen molar-refractivity contribution >= 4 is 0 Å². The molecule has 0 radical (unpaired) electrons. The maximum Gasteiger partial charge on any atom is -0.00489 e. The van der Waals surface area contributed by atoms with E-state index in [9.17, 15) is 0 Å². The first kappa shape index (κ1) is 16.5. The highest BCUT2D eigenvalue weighted by molar-refractivity contribution is 5.83. The van der Waals surface area contributed by atoms with Crippen molar-refractivity contribution in [3.05, 3.63) is 84.9 Å². The number of hydrogen-bond acceptors (Lipinski definition) is 1. The molecular weight excluding hydrogens is 290 g/mol. The molecule has 0 atom stereocenters. The Kier molecular flexibility index (Phi) is 6.21. The van der Waals surface area contributed by atoms with Gasteiger partial charge in [-0.2, -0.15) is 0 Å². The minimum absolute atomic E-state index is 1.25. The van der Waals surface area contributed by atoms with Gasteiger partial charge in [-0.3, -0.25) is 0 Å². The van der Waals surface area contributed by atoms with Crippen LogP contribution in [0.3, 0.4) is 0 Å². The van der Waals surface area contributed by atoms with E-state index >= 15 is 0 Å². The Labute approximate surface area is 145 Å². The summed E-state index contributed by atoms with van der Waals surface area (Å²) in [6, 6.07) is 29.6. The van der Waals surface area contributed by atoms with E-state index in [0.29, 0.717) is 0 Å². The molecule has 0 aromatic heterocycles. The van der Waals surface area contributed by atoms with Crippen molar-refractivity contribution in [1.29, 1.82) is 0 Å². The van der Waals surface area contributed by atoms with Crippen LogP contribution in [0.1, 0.15) is 19.3 Å². The van der Waals surface area contributed by atoms with E-state index in [1.165, 1.54) is 54.6 Å². The molecule has 0 unspecified atom stereocenters. The molecule has 0 aliphatic carbocycles. The zero-order valence-corrected chi connectivity index (χ0v) is 14.1. The van der Waals surface area contributed by atoms with Crippen LogP contribution in [0.2, 0.25) is 0 Å². The summed E-state index contributed by atoms with van der Waals surface area (Å²) in [5.74, 6) is 0. The lowest BCUT2D eigenvalue weighted by atomic mass is 9.95. The van der Waals surface area contributed by atoms with Crippen LogP contribution in [0, 0.1) is 0 Å². The lowest BCUT2D eigenvalue weighted by Crippen LogP contribution is -2.21. The standard InChI is InChI=1S/C18H14.C5H11N/c1-3-9-15(10-4-1)17-13-7-8-14-18(17)16-11-5-2-6-12-16;1-2-4-6-5-3-1/h1-14H;6H,1-5H2. The van der Waals surface area contributed by atoms with Gasteiger partial charge in [0.15, 0.2) is 0 Å². The molecule has 0 spiro atoms. The normalized spacial score (nSPS) is 13.7. The van der Waals surface area contributed by atoms with E-state index in [-0.39, 0.29) is 0 Å². The molecule has 1 aliphatic heterocycles. The zero-order chi connectivity index (χ0) is 16.5. The maximum absolute atomic E-state index is 3.28. The van der Waals surface area contributed by atoms with Crippen molar-refractivity contribution in [2.45, 2.75) is 19.3 Å². The van der Waals surface area contributed by atoms with Crippen molar-refractivity contribution in [1.82, 2.24) is 5.32 Å². The highest BCUT2D eigenvalue weighted by Gasteiger charge is 2.05. The summed E-state index contributed by atoms with van der Waals surface area (Å²) in [6.45, 7) is 2.50. The molecule has 0 saturated carbocycles. The van der Waals surface area contributed by atoms with Gasteiger partial charge in [0.2, 0.25) is 0 Å². The van der Waals surface area contributed by atoms with Gasteiger partial charge in [-0.25, -0.2) is 0 Å². The SMILES string of the molecule is C1CCNCC1.c1ccc(-c2ccccc2-c2ccccc2)cc1. The molecule has 4 rings (SSSR count). The van der Waals surface area contributed by atoms with Gasteiger partial charge in [-0.05, 0) is 48.2 Å². The van der Waals surface area contributed by atoms with Crippen LogP contribution >= 0.6 is 0 Å². The first-order valence-corrected chi connectivity index (χ1v) is 8.86. The van der Waals surface area contributed by atoms with Crippen LogP contribution in [0.5, 0.6) is 0 Å². The van der Waals surface area contributed by atoms with Crippen LogP contribution in [0.15, 0.2) is 84.9 Å². The molecule has 0 bridgehead atoms. The fraction of sp³-hybridized carbons (Fsp3) is 0.217. The quantitative estimate of drug-likeness (QED) is 0.632. The molecule has 3 aromatic rings. The smallest absolute Gasteiger partial charge is 0.00489 e. The van der Waals surface area contributed by atoms with Crippen molar-refractivity contribution in [3.8, 4) is 22.3 Å². The molecule has 24 heavy (non-hydrogen) atoms. The zero-order valence-electron chi connectivity index (χ0n) is 14.1. The summed E-state index contributed by atoms with van der Waals surface area (Å²) in [7, 11) is 0. The van der Waals surface area contributed by atoms with E-state index in [0.717, 1.165) is 0 Å². The second-order valence-electron chi connectivity index (χ2n) is 6.09. The lowest BCUT2D eigenvalue weighted by molar-refractivity contribution is 0.520. The molecule has 1 fully saturated rings. The van der Waals surface area contributed by atoms with Gasteiger partial charge in [-0.15, -0.1) is 0 Å². The van der Waals surface area contributed by atoms with E-state index in [1.807, 2.05) is 0 Å². The highest BCUT2D eigenvalue weighted by Crippen LogP contribution is 2.31. The number of piperidine rings is 1. The monoisotopic (exact) mass is 315 g/mol. The highest BCUT2D eigenvalue weighted by atomic mass is 14.9. The number of nitrogens with one attached hydrogen (secondary N) is 1. The lowest BCUT2D eigenvalue weighted by Gasteiger charge is -2.09. The number of hydrogen-bond donors (Lipinski definition) is 1. The molecule has 3 aromatic carbocycles. The van der Waals surface area contributed by atoms with E-state index in [4.69, 9.17) is 0 Å². The molecule has 1 heterocycles. The fourth-order valence-electron chi connectivity index (χ4n) is 3.02. The topological polar surface area (TPSA) is 12.0 Å². The molecule has 1 nitrogen and oxygen atoms in total. The Balaban J connectivity index is 0.000000238. The van der Waals surface area contributed by atoms with Crippen LogP contribution in [-0.4, -0.2) is 13.1 Å². The molecule has 1 heteroatoms. The third-order valence-corrected chi connectivity index (χ3v) is 4.30. The average Bonchev–Trinajstić information content (AvgIpc) is 2.71. The Morgan fingerprint density at radius 2 is 0.875 bits per heavy atom. The van der Waals surface area contributed by atoms with E-state index < -0.39 is 0 Å². The van der Waals surface area contributed by atoms with Crippen molar-refractivity contribution in [3.63, 3.8) is 0 Å². The third kappa shape index (κ3) is 4.56. The van der Waals surface area contributed by atoms with Crippen LogP contribution in [-0.2, 0) is 0 Å². The van der Waals surface area contributed by atoms with Gasteiger partial charge in [-0.1, -0.05) is 91.3 Å². The first-order valence-electron chi connectivity index (χ1n) is 8.86. The molecule has 0 amide bonds. The Bertz CT molecular complexity index is 645. The second-order valence-corrected chi connectivity index (χ2v) is 6.09. The second kappa shape index (κ2) is 9.05. The largest absolute Gasteiger partial charge is 0.317 e. The van der Waals surface area contributed by atoms with Gasteiger partial charge in [0.1, 0.15) is 0 Å². The van der Waals surface area contributed by atoms with E-state index in [1.54, 1.807) is 0 Å². The fourth-order valence-corrected chi connectivity index (χ4v) is 3.02. The van der Waals surface area contributed by atoms with Crippen molar-refractivity contribution < 1.29 is 0 Å². The predicted molar refractivity (Wildman–Crippen MR) is 104 cm³/mol. The molecule has 1 aliphatic rings. The average molecular weight is 315 g/mol. The maximum atomic E-state index is 3.28. The van der Waals surface area contributed by atoms with Gasteiger partial charge in [0.25, 0.3) is 0 Å². The van der Waals surface area contributed by atoms with Crippen molar-refractivity contribution in [2.24, 2.45) is 0 Å². The first-order chi connectivity index (χ1) is 11.9. The Morgan fingerprint density at radius 1 is 0.458 bits per heavy atom. The van der Waals surface area contributed by atoms with Gasteiger partial charge < -0.3 is 5.32 Å². The molecule has 1 N–H and O–H groups in total. The van der Waals surface area contributed by atoms with Gasteiger partial charge in [0, 0.05) is 0 Å². The van der Waals surface area contributed by atoms with E-state index in [2.05, 4.69) is 90.2 Å². The van der Waals surface area contributed by atoms with Crippen molar-refractivity contribution in [2.75, 3.05) is 13.1 Å². The summed E-state index contributed by atoms with van der Waals surface area (Å²) in [5.41, 5.74) is 5.09. The summed E-state index contributed by atoms with van der Waals surface area (Å²) in [4.78, 5) is 0. The minimum Gasteiger partial charge on any atom is -0.317 e. The van der Waals surface area contributed by atoms with Crippen LogP contribution in [0.4, 0.5) is 0 Å². The third-order valence-electron chi connectivity index (χ3n) is 4.30. The Hall–Kier alpha value is -2.38. The summed E-state index contributed by atoms with van der Waals surface area (Å²) < 4.78 is 0. The van der Waals surface area contributed by atoms with Gasteiger partial charge >= 0.3 is 0 Å². The number of rotatable bonds is 2. The summed E-state index contributed by atoms with van der Waals surface area (Å²) >= 11 is 0. The molecule has 122 valence electrons. The van der Waals surface area contributed by atoms with Crippen LogP contribution in [0.25, 0.3) is 22.3 Å². The number of benzene rings is 3. The minimum atomic E-state index is 1.25. The molecule has 1 saturated heterocycles.